The number of hydrogen-bond acceptors (Lipinski definition) is 6. The summed E-state index contributed by atoms with van der Waals surface area (Å²) < 4.78 is 17.0. The van der Waals surface area contributed by atoms with Gasteiger partial charge in [0.15, 0.2) is 6.10 Å². The summed E-state index contributed by atoms with van der Waals surface area (Å²) in [5.74, 6) is 0.864. The van der Waals surface area contributed by atoms with E-state index in [9.17, 15) is 14.4 Å². The molecule has 1 atom stereocenters. The molecule has 0 aliphatic carbocycles. The lowest BCUT2D eigenvalue weighted by atomic mass is 10.0. The molecule has 6 heteroatoms. The summed E-state index contributed by atoms with van der Waals surface area (Å²) in [5, 5.41) is 0. The summed E-state index contributed by atoms with van der Waals surface area (Å²) in [6, 6.07) is 0. The lowest BCUT2D eigenvalue weighted by molar-refractivity contribution is -0.167. The van der Waals surface area contributed by atoms with Gasteiger partial charge >= 0.3 is 17.9 Å². The molecular formula is C67H130O6. The van der Waals surface area contributed by atoms with Crippen molar-refractivity contribution in [2.24, 2.45) is 11.8 Å². The fourth-order valence-electron chi connectivity index (χ4n) is 10.5. The molecule has 0 aliphatic rings. The highest BCUT2D eigenvalue weighted by Gasteiger charge is 2.19. The molecule has 73 heavy (non-hydrogen) atoms. The van der Waals surface area contributed by atoms with E-state index in [1.54, 1.807) is 0 Å². The minimum atomic E-state index is -0.764. The number of unbranched alkanes of at least 4 members (excludes halogenated alkanes) is 46. The summed E-state index contributed by atoms with van der Waals surface area (Å²) in [7, 11) is 0. The van der Waals surface area contributed by atoms with Crippen LogP contribution in [0.25, 0.3) is 0 Å². The van der Waals surface area contributed by atoms with Gasteiger partial charge < -0.3 is 14.2 Å². The van der Waals surface area contributed by atoms with E-state index in [2.05, 4.69) is 34.6 Å². The van der Waals surface area contributed by atoms with E-state index in [0.29, 0.717) is 19.3 Å². The van der Waals surface area contributed by atoms with Crippen molar-refractivity contribution < 1.29 is 28.6 Å². The Balaban J connectivity index is 4.26. The van der Waals surface area contributed by atoms with Crippen LogP contribution in [0.1, 0.15) is 381 Å². The fourth-order valence-corrected chi connectivity index (χ4v) is 10.5. The topological polar surface area (TPSA) is 78.9 Å². The highest BCUT2D eigenvalue weighted by molar-refractivity contribution is 5.71. The van der Waals surface area contributed by atoms with Crippen LogP contribution in [0.15, 0.2) is 0 Å². The third kappa shape index (κ3) is 61.1. The quantitative estimate of drug-likeness (QED) is 0.0343. The van der Waals surface area contributed by atoms with Crippen molar-refractivity contribution in [3.63, 3.8) is 0 Å². The maximum atomic E-state index is 12.9. The molecule has 0 saturated carbocycles. The molecule has 0 rings (SSSR count). The largest absolute Gasteiger partial charge is 0.462 e. The summed E-state index contributed by atoms with van der Waals surface area (Å²) in [5.41, 5.74) is 0. The second-order valence-electron chi connectivity index (χ2n) is 24.1. The van der Waals surface area contributed by atoms with Crippen LogP contribution < -0.4 is 0 Å². The fraction of sp³-hybridized carbons (Fsp3) is 0.955. The second kappa shape index (κ2) is 59.7. The van der Waals surface area contributed by atoms with Gasteiger partial charge in [0.05, 0.1) is 0 Å². The molecule has 0 aromatic carbocycles. The molecule has 0 aromatic rings. The number of esters is 3. The zero-order valence-corrected chi connectivity index (χ0v) is 50.3. The molecule has 434 valence electrons. The molecule has 0 spiro atoms. The third-order valence-corrected chi connectivity index (χ3v) is 15.5. The number of ether oxygens (including phenoxy) is 3. The third-order valence-electron chi connectivity index (χ3n) is 15.5. The number of hydrogen-bond donors (Lipinski definition) is 0. The molecule has 0 aromatic heterocycles. The maximum Gasteiger partial charge on any atom is 0.306 e. The molecule has 0 aliphatic heterocycles. The van der Waals surface area contributed by atoms with E-state index in [-0.39, 0.29) is 31.1 Å². The molecule has 0 fully saturated rings. The van der Waals surface area contributed by atoms with Gasteiger partial charge in [-0.05, 0) is 31.1 Å². The zero-order valence-electron chi connectivity index (χ0n) is 50.3. The molecule has 0 radical (unpaired) electrons. The number of carbonyl (C=O) groups excluding carboxylic acids is 3. The molecule has 0 heterocycles. The number of rotatable bonds is 61. The Morgan fingerprint density at radius 2 is 0.452 bits per heavy atom. The van der Waals surface area contributed by atoms with Gasteiger partial charge in [-0.2, -0.15) is 0 Å². The molecule has 0 amide bonds. The minimum Gasteiger partial charge on any atom is -0.462 e. The molecule has 0 saturated heterocycles. The minimum absolute atomic E-state index is 0.0616. The van der Waals surface area contributed by atoms with E-state index >= 15 is 0 Å². The first-order valence-electron chi connectivity index (χ1n) is 33.2. The van der Waals surface area contributed by atoms with Crippen molar-refractivity contribution >= 4 is 17.9 Å². The standard InChI is InChI=1S/C67H130O6/c1-6-7-8-9-10-11-12-13-14-15-16-21-24-27-34-39-44-49-54-59-67(70)73-64(61-72-66(69)58-53-48-43-38-33-29-28-31-36-41-46-51-56-63(4)5)60-71-65(68)57-52-47-42-37-32-26-23-20-18-17-19-22-25-30-35-40-45-50-55-62(2)3/h62-64H,6-61H2,1-5H3/t64-/m0/s1. The monoisotopic (exact) mass is 1030 g/mol. The Bertz CT molecular complexity index is 1120. The van der Waals surface area contributed by atoms with Gasteiger partial charge in [-0.1, -0.05) is 343 Å². The first kappa shape index (κ1) is 71.4. The first-order chi connectivity index (χ1) is 35.7. The van der Waals surface area contributed by atoms with E-state index < -0.39 is 6.10 Å². The van der Waals surface area contributed by atoms with Crippen LogP contribution in [0.5, 0.6) is 0 Å². The van der Waals surface area contributed by atoms with Crippen LogP contribution in [-0.4, -0.2) is 37.2 Å². The Morgan fingerprint density at radius 1 is 0.260 bits per heavy atom. The maximum absolute atomic E-state index is 12.9. The average Bonchev–Trinajstić information content (AvgIpc) is 3.37. The van der Waals surface area contributed by atoms with Crippen LogP contribution in [-0.2, 0) is 28.6 Å². The normalized spacial score (nSPS) is 12.0. The van der Waals surface area contributed by atoms with Crippen molar-refractivity contribution in [1.82, 2.24) is 0 Å². The van der Waals surface area contributed by atoms with Gasteiger partial charge in [-0.25, -0.2) is 0 Å². The van der Waals surface area contributed by atoms with Crippen LogP contribution in [0.2, 0.25) is 0 Å². The van der Waals surface area contributed by atoms with Gasteiger partial charge in [0.1, 0.15) is 13.2 Å². The molecule has 0 bridgehead atoms. The summed E-state index contributed by atoms with van der Waals surface area (Å²) in [6.07, 6.45) is 66.8. The van der Waals surface area contributed by atoms with E-state index in [1.807, 2.05) is 0 Å². The first-order valence-corrected chi connectivity index (χ1v) is 33.2. The molecule has 0 N–H and O–H groups in total. The van der Waals surface area contributed by atoms with Crippen molar-refractivity contribution in [3.05, 3.63) is 0 Å². The predicted octanol–water partition coefficient (Wildman–Crippen LogP) is 22.4. The highest BCUT2D eigenvalue weighted by Crippen LogP contribution is 2.19. The Kier molecular flexibility index (Phi) is 58.4. The van der Waals surface area contributed by atoms with Gasteiger partial charge in [-0.3, -0.25) is 14.4 Å². The molecule has 0 unspecified atom stereocenters. The van der Waals surface area contributed by atoms with Crippen LogP contribution in [0.3, 0.4) is 0 Å². The van der Waals surface area contributed by atoms with E-state index in [0.717, 1.165) is 69.6 Å². The van der Waals surface area contributed by atoms with Crippen LogP contribution >= 0.6 is 0 Å². The van der Waals surface area contributed by atoms with E-state index in [4.69, 9.17) is 14.2 Å². The van der Waals surface area contributed by atoms with E-state index in [1.165, 1.54) is 270 Å². The van der Waals surface area contributed by atoms with Crippen LogP contribution in [0, 0.1) is 11.8 Å². The number of carbonyl (C=O) groups is 3. The SMILES string of the molecule is CCCCCCCCCCCCCCCCCCCCCC(=O)O[C@@H](COC(=O)CCCCCCCCCCCCCCCCCCCCC(C)C)COC(=O)CCCCCCCCCCCCCCC(C)C. The van der Waals surface area contributed by atoms with Crippen molar-refractivity contribution in [2.75, 3.05) is 13.2 Å². The second-order valence-corrected chi connectivity index (χ2v) is 24.1. The van der Waals surface area contributed by atoms with Crippen molar-refractivity contribution in [1.29, 1.82) is 0 Å². The Morgan fingerprint density at radius 3 is 0.671 bits per heavy atom. The predicted molar refractivity (Wildman–Crippen MR) is 316 cm³/mol. The van der Waals surface area contributed by atoms with Crippen molar-refractivity contribution in [3.8, 4) is 0 Å². The summed E-state index contributed by atoms with van der Waals surface area (Å²) >= 11 is 0. The van der Waals surface area contributed by atoms with Crippen LogP contribution in [0.4, 0.5) is 0 Å². The smallest absolute Gasteiger partial charge is 0.306 e. The summed E-state index contributed by atoms with van der Waals surface area (Å²) in [4.78, 5) is 38.4. The lowest BCUT2D eigenvalue weighted by Gasteiger charge is -2.18. The van der Waals surface area contributed by atoms with Crippen molar-refractivity contribution in [2.45, 2.75) is 387 Å². The lowest BCUT2D eigenvalue weighted by Crippen LogP contribution is -2.30. The Hall–Kier alpha value is -1.59. The van der Waals surface area contributed by atoms with Gasteiger partial charge in [0, 0.05) is 19.3 Å². The molecule has 6 nitrogen and oxygen atoms in total. The highest BCUT2D eigenvalue weighted by atomic mass is 16.6. The molecular weight excluding hydrogens is 901 g/mol. The average molecular weight is 1030 g/mol. The van der Waals surface area contributed by atoms with Gasteiger partial charge in [0.25, 0.3) is 0 Å². The Labute approximate surface area is 457 Å². The van der Waals surface area contributed by atoms with Gasteiger partial charge in [-0.15, -0.1) is 0 Å². The summed E-state index contributed by atoms with van der Waals surface area (Å²) in [6.45, 7) is 11.5. The zero-order chi connectivity index (χ0) is 53.2. The van der Waals surface area contributed by atoms with Gasteiger partial charge in [0.2, 0.25) is 0 Å².